The monoisotopic (exact) mass is 346 g/mol. The Labute approximate surface area is 149 Å². The predicted molar refractivity (Wildman–Crippen MR) is 95.3 cm³/mol. The van der Waals surface area contributed by atoms with Crippen LogP contribution in [0, 0.1) is 5.41 Å². The molecule has 1 heterocycles. The first-order chi connectivity index (χ1) is 12.1. The Hall–Kier alpha value is -1.56. The van der Waals surface area contributed by atoms with Crippen molar-refractivity contribution < 1.29 is 9.53 Å². The van der Waals surface area contributed by atoms with Gasteiger partial charge in [0.25, 0.3) is 0 Å². The molecule has 3 aliphatic rings. The van der Waals surface area contributed by atoms with Crippen LogP contribution in [0.2, 0.25) is 0 Å². The van der Waals surface area contributed by atoms with Gasteiger partial charge in [-0.1, -0.05) is 12.8 Å². The van der Waals surface area contributed by atoms with Crippen molar-refractivity contribution in [3.63, 3.8) is 0 Å². The van der Waals surface area contributed by atoms with E-state index >= 15 is 0 Å². The smallest absolute Gasteiger partial charge is 0.315 e. The van der Waals surface area contributed by atoms with E-state index in [9.17, 15) is 4.79 Å². The summed E-state index contributed by atoms with van der Waals surface area (Å²) >= 11 is 0. The number of hydrogen-bond donors (Lipinski definition) is 2. The van der Waals surface area contributed by atoms with Crippen LogP contribution in [0.25, 0.3) is 0 Å². The molecule has 2 saturated carbocycles. The highest BCUT2D eigenvalue weighted by molar-refractivity contribution is 5.75. The second-order valence-electron chi connectivity index (χ2n) is 7.91. The van der Waals surface area contributed by atoms with E-state index in [1.807, 2.05) is 17.9 Å². The van der Waals surface area contributed by atoms with Gasteiger partial charge in [-0.15, -0.1) is 0 Å². The lowest BCUT2D eigenvalue weighted by atomic mass is 9.60. The molecule has 0 unspecified atom stereocenters. The number of amides is 2. The minimum atomic E-state index is -0.0343. The quantitative estimate of drug-likeness (QED) is 0.881. The summed E-state index contributed by atoms with van der Waals surface area (Å²) in [6, 6.07) is 0.302. The molecular weight excluding hydrogens is 316 g/mol. The molecule has 0 radical (unpaired) electrons. The third-order valence-corrected chi connectivity index (χ3v) is 6.67. The van der Waals surface area contributed by atoms with E-state index in [1.165, 1.54) is 36.9 Å². The first kappa shape index (κ1) is 16.9. The number of carbonyl (C=O) groups excluding carboxylic acids is 1. The molecule has 0 aromatic carbocycles. The number of fused-ring (bicyclic) bond motifs is 1. The standard InChI is InChI=1S/C19H30N4O2/c1-3-25-17-11-16(19(17)9-4-5-10-19)22-18(24)21-14-7-6-8-15-13(14)12-20-23(15)2/h12,14,16-17H,3-11H2,1-2H3,(H2,21,22,24)/t14-,16-,17+/m0/s1. The van der Waals surface area contributed by atoms with Gasteiger partial charge in [0.1, 0.15) is 0 Å². The molecule has 4 rings (SSSR count). The molecule has 6 heteroatoms. The van der Waals surface area contributed by atoms with Gasteiger partial charge >= 0.3 is 6.03 Å². The predicted octanol–water partition coefficient (Wildman–Crippen LogP) is 2.83. The number of aromatic nitrogens is 2. The van der Waals surface area contributed by atoms with E-state index in [2.05, 4.69) is 22.7 Å². The zero-order chi connectivity index (χ0) is 17.4. The highest BCUT2D eigenvalue weighted by Crippen LogP contribution is 2.54. The van der Waals surface area contributed by atoms with E-state index in [1.54, 1.807) is 0 Å². The van der Waals surface area contributed by atoms with Gasteiger partial charge in [-0.2, -0.15) is 5.10 Å². The molecule has 0 bridgehead atoms. The van der Waals surface area contributed by atoms with Crippen LogP contribution in [0.3, 0.4) is 0 Å². The second kappa shape index (κ2) is 6.63. The molecule has 1 aromatic heterocycles. The van der Waals surface area contributed by atoms with E-state index in [4.69, 9.17) is 4.74 Å². The third kappa shape index (κ3) is 2.84. The van der Waals surface area contributed by atoms with Crippen molar-refractivity contribution in [3.05, 3.63) is 17.5 Å². The Morgan fingerprint density at radius 1 is 1.36 bits per heavy atom. The summed E-state index contributed by atoms with van der Waals surface area (Å²) in [5.41, 5.74) is 2.61. The first-order valence-electron chi connectivity index (χ1n) is 9.83. The van der Waals surface area contributed by atoms with Crippen molar-refractivity contribution >= 4 is 6.03 Å². The van der Waals surface area contributed by atoms with Crippen LogP contribution in [0.5, 0.6) is 0 Å². The van der Waals surface area contributed by atoms with E-state index < -0.39 is 0 Å². The lowest BCUT2D eigenvalue weighted by Gasteiger charge is -2.54. The van der Waals surface area contributed by atoms with Crippen LogP contribution in [-0.2, 0) is 18.2 Å². The number of nitrogens with one attached hydrogen (secondary N) is 2. The van der Waals surface area contributed by atoms with Crippen molar-refractivity contribution in [2.75, 3.05) is 6.61 Å². The summed E-state index contributed by atoms with van der Waals surface area (Å²) in [7, 11) is 1.98. The molecule has 0 saturated heterocycles. The number of rotatable bonds is 4. The summed E-state index contributed by atoms with van der Waals surface area (Å²) in [6.07, 6.45) is 11.2. The summed E-state index contributed by atoms with van der Waals surface area (Å²) in [5.74, 6) is 0. The molecule has 1 aromatic rings. The normalized spacial score (nSPS) is 29.9. The molecule has 0 aliphatic heterocycles. The Morgan fingerprint density at radius 3 is 2.92 bits per heavy atom. The molecule has 3 aliphatic carbocycles. The van der Waals surface area contributed by atoms with Crippen LogP contribution < -0.4 is 10.6 Å². The summed E-state index contributed by atoms with van der Waals surface area (Å²) in [5, 5.41) is 10.8. The van der Waals surface area contributed by atoms with Crippen LogP contribution in [-0.4, -0.2) is 34.6 Å². The molecule has 1 spiro atoms. The zero-order valence-electron chi connectivity index (χ0n) is 15.4. The SMILES string of the molecule is CCO[C@@H]1C[C@H](NC(=O)N[C@H]2CCCc3c2cnn3C)C12CCCC2. The summed E-state index contributed by atoms with van der Waals surface area (Å²) < 4.78 is 7.88. The third-order valence-electron chi connectivity index (χ3n) is 6.67. The van der Waals surface area contributed by atoms with Crippen molar-refractivity contribution in [2.45, 2.75) is 76.5 Å². The fourth-order valence-corrected chi connectivity index (χ4v) is 5.30. The number of urea groups is 1. The lowest BCUT2D eigenvalue weighted by molar-refractivity contribution is -0.126. The molecule has 2 amide bonds. The molecule has 2 fully saturated rings. The van der Waals surface area contributed by atoms with Crippen LogP contribution in [0.15, 0.2) is 6.20 Å². The average molecular weight is 346 g/mol. The number of nitrogens with zero attached hydrogens (tertiary/aromatic N) is 2. The van der Waals surface area contributed by atoms with Crippen LogP contribution in [0.1, 0.15) is 69.2 Å². The molecule has 3 atom stereocenters. The van der Waals surface area contributed by atoms with Crippen molar-refractivity contribution in [3.8, 4) is 0 Å². The van der Waals surface area contributed by atoms with Crippen LogP contribution >= 0.6 is 0 Å². The van der Waals surface area contributed by atoms with Gasteiger partial charge in [0.05, 0.1) is 18.3 Å². The Bertz CT molecular complexity index is 635. The largest absolute Gasteiger partial charge is 0.378 e. The van der Waals surface area contributed by atoms with Crippen molar-refractivity contribution in [1.29, 1.82) is 0 Å². The molecule has 25 heavy (non-hydrogen) atoms. The van der Waals surface area contributed by atoms with Gasteiger partial charge in [-0.05, 0) is 45.4 Å². The van der Waals surface area contributed by atoms with E-state index in [0.29, 0.717) is 6.10 Å². The maximum Gasteiger partial charge on any atom is 0.315 e. The maximum absolute atomic E-state index is 12.6. The minimum absolute atomic E-state index is 0.0343. The fourth-order valence-electron chi connectivity index (χ4n) is 5.30. The molecule has 138 valence electrons. The van der Waals surface area contributed by atoms with Crippen molar-refractivity contribution in [1.82, 2.24) is 20.4 Å². The van der Waals surface area contributed by atoms with Crippen molar-refractivity contribution in [2.24, 2.45) is 12.5 Å². The van der Waals surface area contributed by atoms with E-state index in [-0.39, 0.29) is 23.5 Å². The molecule has 2 N–H and O–H groups in total. The van der Waals surface area contributed by atoms with E-state index in [0.717, 1.165) is 32.3 Å². The highest BCUT2D eigenvalue weighted by Gasteiger charge is 2.57. The fraction of sp³-hybridized carbons (Fsp3) is 0.789. The highest BCUT2D eigenvalue weighted by atomic mass is 16.5. The number of carbonyl (C=O) groups is 1. The summed E-state index contributed by atoms with van der Waals surface area (Å²) in [6.45, 7) is 2.82. The first-order valence-corrected chi connectivity index (χ1v) is 9.83. The number of ether oxygens (including phenoxy) is 1. The average Bonchev–Trinajstić information content (AvgIpc) is 3.24. The maximum atomic E-state index is 12.6. The molecular formula is C19H30N4O2. The van der Waals surface area contributed by atoms with Gasteiger partial charge in [-0.25, -0.2) is 4.79 Å². The number of hydrogen-bond acceptors (Lipinski definition) is 3. The van der Waals surface area contributed by atoms with Gasteiger partial charge in [0, 0.05) is 36.4 Å². The lowest BCUT2D eigenvalue weighted by Crippen LogP contribution is -2.64. The number of aryl methyl sites for hydroxylation is 1. The van der Waals surface area contributed by atoms with Crippen LogP contribution in [0.4, 0.5) is 4.79 Å². The Morgan fingerprint density at radius 2 is 2.16 bits per heavy atom. The zero-order valence-corrected chi connectivity index (χ0v) is 15.4. The molecule has 6 nitrogen and oxygen atoms in total. The topological polar surface area (TPSA) is 68.2 Å². The van der Waals surface area contributed by atoms with Gasteiger partial charge in [0.2, 0.25) is 0 Å². The van der Waals surface area contributed by atoms with Gasteiger partial charge in [-0.3, -0.25) is 4.68 Å². The van der Waals surface area contributed by atoms with Gasteiger partial charge in [0.15, 0.2) is 0 Å². The second-order valence-corrected chi connectivity index (χ2v) is 7.91. The Balaban J connectivity index is 1.38. The van der Waals surface area contributed by atoms with Gasteiger partial charge < -0.3 is 15.4 Å². The summed E-state index contributed by atoms with van der Waals surface area (Å²) in [4.78, 5) is 12.6. The Kier molecular flexibility index (Phi) is 4.48. The minimum Gasteiger partial charge on any atom is -0.378 e.